The lowest BCUT2D eigenvalue weighted by molar-refractivity contribution is -0.137. The molecule has 0 aliphatic heterocycles. The van der Waals surface area contributed by atoms with Crippen LogP contribution in [-0.4, -0.2) is 23.8 Å². The Morgan fingerprint density at radius 3 is 2.37 bits per heavy atom. The van der Waals surface area contributed by atoms with Crippen LogP contribution >= 0.6 is 11.6 Å². The van der Waals surface area contributed by atoms with E-state index in [-0.39, 0.29) is 17.8 Å². The van der Waals surface area contributed by atoms with E-state index in [0.717, 1.165) is 36.5 Å². The van der Waals surface area contributed by atoms with Crippen molar-refractivity contribution >= 4 is 23.3 Å². The summed E-state index contributed by atoms with van der Waals surface area (Å²) in [6.45, 7) is 5.85. The molecule has 4 nitrogen and oxygen atoms in total. The summed E-state index contributed by atoms with van der Waals surface area (Å²) in [4.78, 5) is 24.9. The Balaban J connectivity index is 0.000000322. The molecule has 0 spiro atoms. The number of carbonyl (C=O) groups excluding carboxylic acids is 2. The normalized spacial score (nSPS) is 21.7. The highest BCUT2D eigenvalue weighted by Crippen LogP contribution is 2.50. The van der Waals surface area contributed by atoms with Crippen molar-refractivity contribution in [2.45, 2.75) is 95.8 Å². The zero-order valence-electron chi connectivity index (χ0n) is 23.8. The molecule has 4 rings (SSSR count). The molecule has 0 aromatic heterocycles. The summed E-state index contributed by atoms with van der Waals surface area (Å²) < 4.78 is 52.7. The van der Waals surface area contributed by atoms with E-state index in [2.05, 4.69) is 25.2 Å². The Morgan fingerprint density at radius 1 is 1.17 bits per heavy atom. The second-order valence-electron chi connectivity index (χ2n) is 11.4. The number of nitrogens with two attached hydrogens (primary N) is 1. The van der Waals surface area contributed by atoms with Gasteiger partial charge in [-0.15, -0.1) is 0 Å². The van der Waals surface area contributed by atoms with Crippen LogP contribution in [0.5, 0.6) is 0 Å². The first kappa shape index (κ1) is 32.8. The van der Waals surface area contributed by atoms with Gasteiger partial charge in [0.05, 0.1) is 17.0 Å². The van der Waals surface area contributed by atoms with Crippen molar-refractivity contribution in [2.75, 3.05) is 0 Å². The fourth-order valence-electron chi connectivity index (χ4n) is 5.33. The van der Waals surface area contributed by atoms with Crippen molar-refractivity contribution in [2.24, 2.45) is 11.7 Å². The number of nitrogens with one attached hydrogen (secondary N) is 1. The molecule has 41 heavy (non-hydrogen) atoms. The molecule has 2 aromatic carbocycles. The Hall–Kier alpha value is -2.71. The van der Waals surface area contributed by atoms with Gasteiger partial charge in [-0.3, -0.25) is 9.59 Å². The van der Waals surface area contributed by atoms with E-state index >= 15 is 0 Å². The zero-order chi connectivity index (χ0) is 30.4. The molecule has 2 saturated carbocycles. The van der Waals surface area contributed by atoms with E-state index in [4.69, 9.17) is 17.3 Å². The lowest BCUT2D eigenvalue weighted by Gasteiger charge is -2.22. The second kappa shape index (κ2) is 14.0. The fourth-order valence-corrected chi connectivity index (χ4v) is 5.46. The lowest BCUT2D eigenvalue weighted by Crippen LogP contribution is -2.46. The third-order valence-electron chi connectivity index (χ3n) is 7.83. The number of benzene rings is 2. The van der Waals surface area contributed by atoms with Gasteiger partial charge in [0.15, 0.2) is 5.78 Å². The molecule has 3 atom stereocenters. The standard InChI is InChI=1S/C21H18ClF4NO2.C11H21N/c1-12(28)18(10-13-2-5-15(22)6-3-13)27-19(29)20(8-9-20)16-7-4-14(11-17(16)23)21(24,25)26;1-3-4-10-6-5-9(2)7-11(12)8-10/h2-7,11,18H,8-10H2,1H3,(H,27,29);4,9,11H,3,5-8,12H2,1-2H3/b;10-4-/t18-;/m0./s1. The topological polar surface area (TPSA) is 72.2 Å². The Morgan fingerprint density at radius 2 is 1.83 bits per heavy atom. The molecular formula is C32H39ClF4N2O2. The van der Waals surface area contributed by atoms with Gasteiger partial charge in [-0.2, -0.15) is 13.2 Å². The number of alkyl halides is 3. The zero-order valence-corrected chi connectivity index (χ0v) is 24.5. The highest BCUT2D eigenvalue weighted by molar-refractivity contribution is 6.30. The highest BCUT2D eigenvalue weighted by Gasteiger charge is 2.53. The first-order valence-corrected chi connectivity index (χ1v) is 14.5. The third-order valence-corrected chi connectivity index (χ3v) is 8.08. The van der Waals surface area contributed by atoms with Gasteiger partial charge in [-0.1, -0.05) is 55.3 Å². The van der Waals surface area contributed by atoms with Crippen LogP contribution < -0.4 is 11.1 Å². The highest BCUT2D eigenvalue weighted by atomic mass is 35.5. The summed E-state index contributed by atoms with van der Waals surface area (Å²) >= 11 is 5.84. The molecule has 224 valence electrons. The minimum absolute atomic E-state index is 0.0863. The fraction of sp³-hybridized carbons (Fsp3) is 0.500. The quantitative estimate of drug-likeness (QED) is 0.196. The van der Waals surface area contributed by atoms with Crippen LogP contribution in [0.25, 0.3) is 0 Å². The van der Waals surface area contributed by atoms with Gasteiger partial charge in [-0.25, -0.2) is 4.39 Å². The van der Waals surface area contributed by atoms with Gasteiger partial charge < -0.3 is 11.1 Å². The molecule has 3 N–H and O–H groups in total. The summed E-state index contributed by atoms with van der Waals surface area (Å²) in [5.74, 6) is -1.10. The minimum Gasteiger partial charge on any atom is -0.345 e. The van der Waals surface area contributed by atoms with Gasteiger partial charge in [0.2, 0.25) is 5.91 Å². The maximum Gasteiger partial charge on any atom is 0.416 e. The van der Waals surface area contributed by atoms with E-state index in [9.17, 15) is 27.2 Å². The molecule has 0 saturated heterocycles. The van der Waals surface area contributed by atoms with E-state index in [0.29, 0.717) is 30.0 Å². The van der Waals surface area contributed by atoms with Gasteiger partial charge in [0.25, 0.3) is 0 Å². The Labute approximate surface area is 244 Å². The smallest absolute Gasteiger partial charge is 0.345 e. The third kappa shape index (κ3) is 9.14. The van der Waals surface area contributed by atoms with Crippen molar-refractivity contribution in [3.05, 3.63) is 81.6 Å². The molecule has 9 heteroatoms. The van der Waals surface area contributed by atoms with Crippen LogP contribution in [0.1, 0.15) is 82.4 Å². The average Bonchev–Trinajstić information content (AvgIpc) is 3.71. The van der Waals surface area contributed by atoms with Crippen molar-refractivity contribution < 1.29 is 27.2 Å². The number of hydrogen-bond donors (Lipinski definition) is 2. The molecule has 2 aliphatic carbocycles. The van der Waals surface area contributed by atoms with Crippen molar-refractivity contribution in [3.8, 4) is 0 Å². The second-order valence-corrected chi connectivity index (χ2v) is 11.8. The van der Waals surface area contributed by atoms with Crippen LogP contribution in [0.15, 0.2) is 54.1 Å². The summed E-state index contributed by atoms with van der Waals surface area (Å²) in [6.07, 6.45) is 4.63. The van der Waals surface area contributed by atoms with Gasteiger partial charge in [0, 0.05) is 16.6 Å². The lowest BCUT2D eigenvalue weighted by atomic mass is 9.92. The maximum absolute atomic E-state index is 14.4. The van der Waals surface area contributed by atoms with E-state index in [1.165, 1.54) is 26.2 Å². The van der Waals surface area contributed by atoms with E-state index in [1.54, 1.807) is 29.8 Å². The summed E-state index contributed by atoms with van der Waals surface area (Å²) in [6, 6.07) is 8.54. The average molecular weight is 595 g/mol. The summed E-state index contributed by atoms with van der Waals surface area (Å²) in [7, 11) is 0. The molecule has 0 radical (unpaired) electrons. The minimum atomic E-state index is -4.67. The number of Topliss-reactive ketones (excluding diaryl/α,β-unsaturated/α-hetero) is 1. The van der Waals surface area contributed by atoms with E-state index < -0.39 is 34.9 Å². The first-order chi connectivity index (χ1) is 19.2. The van der Waals surface area contributed by atoms with Crippen LogP contribution in [-0.2, 0) is 27.6 Å². The number of rotatable bonds is 7. The van der Waals surface area contributed by atoms with E-state index in [1.807, 2.05) is 0 Å². The molecular weight excluding hydrogens is 556 g/mol. The van der Waals surface area contributed by atoms with Gasteiger partial charge in [-0.05, 0) is 94.0 Å². The van der Waals surface area contributed by atoms with Crippen LogP contribution in [0.2, 0.25) is 5.02 Å². The summed E-state index contributed by atoms with van der Waals surface area (Å²) in [5.41, 5.74) is 5.93. The monoisotopic (exact) mass is 594 g/mol. The number of amides is 1. The van der Waals surface area contributed by atoms with Gasteiger partial charge in [0.1, 0.15) is 5.82 Å². The largest absolute Gasteiger partial charge is 0.416 e. The Kier molecular flexibility index (Phi) is 11.2. The van der Waals surface area contributed by atoms with Crippen LogP contribution in [0.4, 0.5) is 17.6 Å². The van der Waals surface area contributed by atoms with Crippen molar-refractivity contribution in [3.63, 3.8) is 0 Å². The SMILES string of the molecule is CC(=O)[C@H](Cc1ccc(Cl)cc1)NC(=O)C1(c2ccc(C(F)(F)F)cc2F)CC1.CC/C=C1/CCC(C)CC(N)C1. The number of carbonyl (C=O) groups is 2. The van der Waals surface area contributed by atoms with Crippen LogP contribution in [0, 0.1) is 11.7 Å². The van der Waals surface area contributed by atoms with Crippen LogP contribution in [0.3, 0.4) is 0 Å². The maximum atomic E-state index is 14.4. The predicted molar refractivity (Wildman–Crippen MR) is 154 cm³/mol. The van der Waals surface area contributed by atoms with Crippen molar-refractivity contribution in [1.82, 2.24) is 5.32 Å². The number of ketones is 1. The number of halogens is 5. The molecule has 2 aromatic rings. The number of allylic oxidation sites excluding steroid dienone is 1. The predicted octanol–water partition coefficient (Wildman–Crippen LogP) is 7.71. The molecule has 0 heterocycles. The van der Waals surface area contributed by atoms with Crippen molar-refractivity contribution in [1.29, 1.82) is 0 Å². The first-order valence-electron chi connectivity index (χ1n) is 14.1. The molecule has 2 aliphatic rings. The number of hydrogen-bond acceptors (Lipinski definition) is 3. The summed E-state index contributed by atoms with van der Waals surface area (Å²) in [5, 5.41) is 3.18. The molecule has 2 fully saturated rings. The molecule has 2 unspecified atom stereocenters. The molecule has 0 bridgehead atoms. The molecule has 1 amide bonds. The van der Waals surface area contributed by atoms with Gasteiger partial charge >= 0.3 is 6.18 Å². The Bertz CT molecular complexity index is 1240.